The van der Waals surface area contributed by atoms with Crippen molar-refractivity contribution in [1.29, 1.82) is 0 Å². The Balaban J connectivity index is 0.000000264. The fourth-order valence-electron chi connectivity index (χ4n) is 3.76. The van der Waals surface area contributed by atoms with E-state index < -0.39 is 0 Å². The van der Waals surface area contributed by atoms with Crippen molar-refractivity contribution < 1.29 is 14.3 Å². The molecule has 0 radical (unpaired) electrons. The number of rotatable bonds is 10. The summed E-state index contributed by atoms with van der Waals surface area (Å²) in [5.74, 6) is 1.96. The monoisotopic (exact) mass is 520 g/mol. The van der Waals surface area contributed by atoms with Crippen molar-refractivity contribution in [3.05, 3.63) is 72.5 Å². The summed E-state index contributed by atoms with van der Waals surface area (Å²) in [6.07, 6.45) is 11.7. The molecule has 9 heteroatoms. The first-order valence-corrected chi connectivity index (χ1v) is 12.9. The SMILES string of the molecule is C/C=C(/Nc1cn(C)nc1OC)c1ncc(C2CC2)n1C.C=CC(=O)Nc1cccc(CCC=O)c1.CC. The number of imidazole rings is 1. The van der Waals surface area contributed by atoms with E-state index in [1.165, 1.54) is 24.6 Å². The second-order valence-electron chi connectivity index (χ2n) is 8.49. The van der Waals surface area contributed by atoms with Crippen molar-refractivity contribution in [3.63, 3.8) is 0 Å². The number of carbonyl (C=O) groups is 2. The molecule has 9 nitrogen and oxygen atoms in total. The summed E-state index contributed by atoms with van der Waals surface area (Å²) in [7, 11) is 5.56. The van der Waals surface area contributed by atoms with Gasteiger partial charge in [-0.1, -0.05) is 38.6 Å². The second kappa shape index (κ2) is 15.2. The largest absolute Gasteiger partial charge is 0.478 e. The van der Waals surface area contributed by atoms with Crippen molar-refractivity contribution >= 4 is 29.3 Å². The van der Waals surface area contributed by atoms with E-state index in [-0.39, 0.29) is 5.91 Å². The molecule has 1 aromatic carbocycles. The number of anilines is 2. The third-order valence-corrected chi connectivity index (χ3v) is 5.74. The van der Waals surface area contributed by atoms with Crippen LogP contribution in [0.4, 0.5) is 11.4 Å². The van der Waals surface area contributed by atoms with Gasteiger partial charge in [0.2, 0.25) is 5.91 Å². The number of nitrogens with one attached hydrogen (secondary N) is 2. The minimum absolute atomic E-state index is 0.234. The lowest BCUT2D eigenvalue weighted by Crippen LogP contribution is -2.07. The number of allylic oxidation sites excluding steroid dienone is 1. The predicted molar refractivity (Wildman–Crippen MR) is 153 cm³/mol. The fraction of sp³-hybridized carbons (Fsp3) is 0.379. The molecule has 1 aliphatic carbocycles. The molecule has 2 heterocycles. The van der Waals surface area contributed by atoms with Crippen molar-refractivity contribution in [1.82, 2.24) is 19.3 Å². The van der Waals surface area contributed by atoms with Gasteiger partial charge in [0.1, 0.15) is 12.0 Å². The highest BCUT2D eigenvalue weighted by molar-refractivity contribution is 5.98. The minimum atomic E-state index is -0.234. The minimum Gasteiger partial charge on any atom is -0.478 e. The van der Waals surface area contributed by atoms with Crippen LogP contribution in [0.2, 0.25) is 0 Å². The van der Waals surface area contributed by atoms with Gasteiger partial charge >= 0.3 is 0 Å². The summed E-state index contributed by atoms with van der Waals surface area (Å²) in [4.78, 5) is 25.8. The summed E-state index contributed by atoms with van der Waals surface area (Å²) in [5, 5.41) is 10.3. The predicted octanol–water partition coefficient (Wildman–Crippen LogP) is 5.48. The van der Waals surface area contributed by atoms with Crippen LogP contribution in [0.1, 0.15) is 63.0 Å². The molecule has 0 spiro atoms. The third kappa shape index (κ3) is 8.47. The van der Waals surface area contributed by atoms with Crippen molar-refractivity contribution in [2.75, 3.05) is 17.7 Å². The summed E-state index contributed by atoms with van der Waals surface area (Å²) in [6.45, 7) is 9.37. The Morgan fingerprint density at radius 3 is 2.58 bits per heavy atom. The van der Waals surface area contributed by atoms with Crippen LogP contribution in [0, 0.1) is 0 Å². The zero-order valence-corrected chi connectivity index (χ0v) is 23.3. The molecular formula is C29H40N6O3. The number of aromatic nitrogens is 4. The Hall–Kier alpha value is -4.14. The van der Waals surface area contributed by atoms with E-state index in [2.05, 4.69) is 38.9 Å². The van der Waals surface area contributed by atoms with Gasteiger partial charge in [0, 0.05) is 44.0 Å². The first-order chi connectivity index (χ1) is 18.4. The molecule has 38 heavy (non-hydrogen) atoms. The first kappa shape index (κ1) is 30.1. The van der Waals surface area contributed by atoms with E-state index in [1.54, 1.807) is 17.9 Å². The smallest absolute Gasteiger partial charge is 0.256 e. The van der Waals surface area contributed by atoms with E-state index in [4.69, 9.17) is 4.74 Å². The molecule has 2 aromatic heterocycles. The molecule has 1 amide bonds. The lowest BCUT2D eigenvalue weighted by molar-refractivity contribution is -0.112. The highest BCUT2D eigenvalue weighted by Gasteiger charge is 2.28. The summed E-state index contributed by atoms with van der Waals surface area (Å²) in [5.41, 5.74) is 4.86. The van der Waals surface area contributed by atoms with Crippen LogP contribution in [0.25, 0.3) is 5.70 Å². The van der Waals surface area contributed by atoms with Gasteiger partial charge in [0.25, 0.3) is 5.88 Å². The molecule has 3 aromatic rings. The molecular weight excluding hydrogens is 480 g/mol. The number of benzene rings is 1. The van der Waals surface area contributed by atoms with Crippen LogP contribution in [0.5, 0.6) is 5.88 Å². The number of hydrogen-bond donors (Lipinski definition) is 2. The van der Waals surface area contributed by atoms with Gasteiger partial charge in [0.15, 0.2) is 5.82 Å². The van der Waals surface area contributed by atoms with Gasteiger partial charge in [-0.2, -0.15) is 0 Å². The molecule has 0 atom stereocenters. The molecule has 4 rings (SSSR count). The molecule has 2 N–H and O–H groups in total. The number of nitrogens with zero attached hydrogens (tertiary/aromatic N) is 4. The lowest BCUT2D eigenvalue weighted by atomic mass is 10.1. The molecule has 0 saturated heterocycles. The van der Waals surface area contributed by atoms with Crippen LogP contribution in [0.3, 0.4) is 0 Å². The third-order valence-electron chi connectivity index (χ3n) is 5.74. The molecule has 0 bridgehead atoms. The zero-order valence-electron chi connectivity index (χ0n) is 23.3. The number of ether oxygens (including phenoxy) is 1. The van der Waals surface area contributed by atoms with Gasteiger partial charge in [-0.15, -0.1) is 5.10 Å². The molecule has 0 aliphatic heterocycles. The second-order valence-corrected chi connectivity index (χ2v) is 8.49. The highest BCUT2D eigenvalue weighted by atomic mass is 16.5. The van der Waals surface area contributed by atoms with E-state index in [1.807, 2.05) is 64.5 Å². The van der Waals surface area contributed by atoms with Crippen LogP contribution < -0.4 is 15.4 Å². The van der Waals surface area contributed by atoms with Gasteiger partial charge in [-0.3, -0.25) is 9.48 Å². The number of hydrogen-bond acceptors (Lipinski definition) is 6. The Bertz CT molecular complexity index is 1240. The average molecular weight is 521 g/mol. The maximum atomic E-state index is 11.0. The van der Waals surface area contributed by atoms with Gasteiger partial charge in [-0.25, -0.2) is 4.98 Å². The average Bonchev–Trinajstić information content (AvgIpc) is 3.61. The maximum absolute atomic E-state index is 11.0. The molecule has 0 unspecified atom stereocenters. The number of aldehydes is 1. The van der Waals surface area contributed by atoms with Crippen molar-refractivity contribution in [2.45, 2.75) is 52.4 Å². The Morgan fingerprint density at radius 1 is 1.24 bits per heavy atom. The van der Waals surface area contributed by atoms with E-state index in [9.17, 15) is 9.59 Å². The number of amides is 1. The zero-order chi connectivity index (χ0) is 28.1. The van der Waals surface area contributed by atoms with Gasteiger partial charge < -0.3 is 24.7 Å². The summed E-state index contributed by atoms with van der Waals surface area (Å²) < 4.78 is 9.18. The normalized spacial score (nSPS) is 12.3. The van der Waals surface area contributed by atoms with Gasteiger partial charge in [0.05, 0.1) is 19.0 Å². The molecule has 204 valence electrons. The van der Waals surface area contributed by atoms with E-state index >= 15 is 0 Å². The van der Waals surface area contributed by atoms with E-state index in [0.717, 1.165) is 34.7 Å². The fourth-order valence-corrected chi connectivity index (χ4v) is 3.76. The quantitative estimate of drug-likeness (QED) is 0.271. The van der Waals surface area contributed by atoms with Crippen LogP contribution >= 0.6 is 0 Å². The highest BCUT2D eigenvalue weighted by Crippen LogP contribution is 2.40. The van der Waals surface area contributed by atoms with Crippen LogP contribution in [-0.4, -0.2) is 38.6 Å². The van der Waals surface area contributed by atoms with Gasteiger partial charge in [-0.05, 0) is 50.0 Å². The topological polar surface area (TPSA) is 103 Å². The maximum Gasteiger partial charge on any atom is 0.256 e. The van der Waals surface area contributed by atoms with Crippen LogP contribution in [-0.2, 0) is 30.1 Å². The molecule has 1 aliphatic rings. The standard InChI is InChI=1S/C15H21N5O.C12H13NO2.C2H6/c1-5-11(17-12-9-19(2)18-15(12)21-4)14-16-8-13(20(14)3)10-6-7-10;1-2-12(15)13-11-7-3-5-10(9-11)6-4-8-14;1-2/h5,8-10,17H,6-7H2,1-4H3;2-3,5,7-9H,1,4,6H2,(H,13,15);1-2H3/b11-5+;;. The Kier molecular flexibility index (Phi) is 12.0. The number of methoxy groups -OCH3 is 1. The number of carbonyl (C=O) groups excluding carboxylic acids is 2. The Labute approximate surface area is 225 Å². The van der Waals surface area contributed by atoms with Crippen molar-refractivity contribution in [2.24, 2.45) is 14.1 Å². The Morgan fingerprint density at radius 2 is 1.97 bits per heavy atom. The summed E-state index contributed by atoms with van der Waals surface area (Å²) in [6, 6.07) is 7.42. The van der Waals surface area contributed by atoms with Crippen molar-refractivity contribution in [3.8, 4) is 5.88 Å². The molecule has 1 saturated carbocycles. The van der Waals surface area contributed by atoms with Crippen LogP contribution in [0.15, 0.2) is 55.4 Å². The summed E-state index contributed by atoms with van der Waals surface area (Å²) >= 11 is 0. The van der Waals surface area contributed by atoms with E-state index in [0.29, 0.717) is 24.6 Å². The number of aryl methyl sites for hydroxylation is 2. The lowest BCUT2D eigenvalue weighted by Gasteiger charge is -2.11. The first-order valence-electron chi connectivity index (χ1n) is 12.9. The molecule has 1 fully saturated rings.